The zero-order valence-electron chi connectivity index (χ0n) is 10.7. The molecule has 1 unspecified atom stereocenters. The summed E-state index contributed by atoms with van der Waals surface area (Å²) < 4.78 is 10.4. The zero-order valence-corrected chi connectivity index (χ0v) is 10.7. The molecule has 0 radical (unpaired) electrons. The smallest absolute Gasteiger partial charge is 0.127 e. The highest BCUT2D eigenvalue weighted by atomic mass is 16.5. The van der Waals surface area contributed by atoms with E-state index < -0.39 is 0 Å². The third-order valence-electron chi connectivity index (χ3n) is 2.66. The number of methoxy groups -OCH3 is 2. The average molecular weight is 239 g/mol. The van der Waals surface area contributed by atoms with Gasteiger partial charge in [0.15, 0.2) is 0 Å². The quantitative estimate of drug-likeness (QED) is 0.758. The van der Waals surface area contributed by atoms with E-state index in [9.17, 15) is 5.11 Å². The van der Waals surface area contributed by atoms with Crippen LogP contribution in [0.25, 0.3) is 0 Å². The van der Waals surface area contributed by atoms with Crippen LogP contribution in [-0.4, -0.2) is 32.0 Å². The Labute approximate surface area is 103 Å². The first kappa shape index (κ1) is 13.8. The first-order valence-electron chi connectivity index (χ1n) is 5.81. The Bertz CT molecular complexity index is 341. The second-order valence-electron chi connectivity index (χ2n) is 3.87. The predicted octanol–water partition coefficient (Wildman–Crippen LogP) is 1.56. The molecule has 0 bridgehead atoms. The van der Waals surface area contributed by atoms with E-state index in [0.717, 1.165) is 23.5 Å². The molecule has 0 amide bonds. The molecule has 1 atom stereocenters. The Morgan fingerprint density at radius 2 is 2.06 bits per heavy atom. The van der Waals surface area contributed by atoms with Gasteiger partial charge in [0.05, 0.1) is 20.3 Å². The van der Waals surface area contributed by atoms with Crippen molar-refractivity contribution in [2.24, 2.45) is 0 Å². The van der Waals surface area contributed by atoms with Crippen molar-refractivity contribution < 1.29 is 14.6 Å². The monoisotopic (exact) mass is 239 g/mol. The largest absolute Gasteiger partial charge is 0.497 e. The lowest BCUT2D eigenvalue weighted by Crippen LogP contribution is -2.25. The van der Waals surface area contributed by atoms with E-state index in [0.29, 0.717) is 13.1 Å². The topological polar surface area (TPSA) is 50.7 Å². The Kier molecular flexibility index (Phi) is 5.80. The molecule has 1 aromatic rings. The van der Waals surface area contributed by atoms with Crippen LogP contribution in [-0.2, 0) is 6.54 Å². The van der Waals surface area contributed by atoms with Gasteiger partial charge in [-0.15, -0.1) is 0 Å². The minimum atomic E-state index is -0.292. The van der Waals surface area contributed by atoms with Crippen molar-refractivity contribution in [3.8, 4) is 11.5 Å². The SMILES string of the molecule is CCC(O)CNCc1ccc(OC)cc1OC. The van der Waals surface area contributed by atoms with E-state index in [2.05, 4.69) is 5.32 Å². The van der Waals surface area contributed by atoms with Gasteiger partial charge in [-0.1, -0.05) is 13.0 Å². The molecule has 17 heavy (non-hydrogen) atoms. The number of hydrogen-bond donors (Lipinski definition) is 2. The third-order valence-corrected chi connectivity index (χ3v) is 2.66. The van der Waals surface area contributed by atoms with Crippen molar-refractivity contribution in [1.82, 2.24) is 5.32 Å². The van der Waals surface area contributed by atoms with Gasteiger partial charge in [0.2, 0.25) is 0 Å². The van der Waals surface area contributed by atoms with E-state index in [1.165, 1.54) is 0 Å². The predicted molar refractivity (Wildman–Crippen MR) is 67.6 cm³/mol. The van der Waals surface area contributed by atoms with E-state index in [-0.39, 0.29) is 6.10 Å². The van der Waals surface area contributed by atoms with Gasteiger partial charge in [0.25, 0.3) is 0 Å². The van der Waals surface area contributed by atoms with Gasteiger partial charge < -0.3 is 19.9 Å². The summed E-state index contributed by atoms with van der Waals surface area (Å²) in [5.74, 6) is 1.57. The van der Waals surface area contributed by atoms with Crippen LogP contribution in [0.4, 0.5) is 0 Å². The van der Waals surface area contributed by atoms with Crippen molar-refractivity contribution >= 4 is 0 Å². The number of aliphatic hydroxyl groups excluding tert-OH is 1. The molecule has 0 aliphatic heterocycles. The molecule has 0 aliphatic carbocycles. The van der Waals surface area contributed by atoms with E-state index in [4.69, 9.17) is 9.47 Å². The van der Waals surface area contributed by atoms with Gasteiger partial charge in [0, 0.05) is 24.7 Å². The Morgan fingerprint density at radius 3 is 2.65 bits per heavy atom. The molecule has 4 nitrogen and oxygen atoms in total. The van der Waals surface area contributed by atoms with Gasteiger partial charge in [-0.2, -0.15) is 0 Å². The number of aliphatic hydroxyl groups is 1. The molecule has 0 heterocycles. The fourth-order valence-electron chi connectivity index (χ4n) is 1.52. The first-order chi connectivity index (χ1) is 8.21. The lowest BCUT2D eigenvalue weighted by atomic mass is 10.2. The highest BCUT2D eigenvalue weighted by Gasteiger charge is 2.05. The van der Waals surface area contributed by atoms with E-state index in [1.807, 2.05) is 25.1 Å². The molecule has 1 aromatic carbocycles. The Balaban J connectivity index is 2.58. The molecule has 0 saturated heterocycles. The second-order valence-corrected chi connectivity index (χ2v) is 3.87. The molecular weight excluding hydrogens is 218 g/mol. The Hall–Kier alpha value is -1.26. The van der Waals surface area contributed by atoms with Gasteiger partial charge in [-0.3, -0.25) is 0 Å². The molecule has 1 rings (SSSR count). The number of hydrogen-bond acceptors (Lipinski definition) is 4. The van der Waals surface area contributed by atoms with Crippen molar-refractivity contribution in [3.63, 3.8) is 0 Å². The van der Waals surface area contributed by atoms with Gasteiger partial charge in [-0.05, 0) is 12.5 Å². The summed E-state index contributed by atoms with van der Waals surface area (Å²) in [6.45, 7) is 3.22. The normalized spacial score (nSPS) is 12.2. The van der Waals surface area contributed by atoms with Crippen molar-refractivity contribution in [1.29, 1.82) is 0 Å². The van der Waals surface area contributed by atoms with Gasteiger partial charge in [0.1, 0.15) is 11.5 Å². The summed E-state index contributed by atoms with van der Waals surface area (Å²) in [6, 6.07) is 5.71. The number of ether oxygens (including phenoxy) is 2. The van der Waals surface area contributed by atoms with Gasteiger partial charge in [-0.25, -0.2) is 0 Å². The highest BCUT2D eigenvalue weighted by molar-refractivity contribution is 5.40. The van der Waals surface area contributed by atoms with Crippen molar-refractivity contribution in [3.05, 3.63) is 23.8 Å². The lowest BCUT2D eigenvalue weighted by molar-refractivity contribution is 0.167. The molecule has 2 N–H and O–H groups in total. The van der Waals surface area contributed by atoms with Crippen molar-refractivity contribution in [2.75, 3.05) is 20.8 Å². The highest BCUT2D eigenvalue weighted by Crippen LogP contribution is 2.24. The average Bonchev–Trinajstić information content (AvgIpc) is 2.38. The fourth-order valence-corrected chi connectivity index (χ4v) is 1.52. The summed E-state index contributed by atoms with van der Waals surface area (Å²) in [6.07, 6.45) is 0.464. The second kappa shape index (κ2) is 7.14. The van der Waals surface area contributed by atoms with Crippen LogP contribution in [0.5, 0.6) is 11.5 Å². The molecule has 4 heteroatoms. The lowest BCUT2D eigenvalue weighted by Gasteiger charge is -2.13. The molecule has 0 aliphatic rings. The molecule has 96 valence electrons. The minimum absolute atomic E-state index is 0.292. The fraction of sp³-hybridized carbons (Fsp3) is 0.538. The minimum Gasteiger partial charge on any atom is -0.497 e. The number of nitrogens with one attached hydrogen (secondary N) is 1. The summed E-state index contributed by atoms with van der Waals surface area (Å²) in [7, 11) is 3.27. The summed E-state index contributed by atoms with van der Waals surface area (Å²) in [5, 5.41) is 12.6. The molecule has 0 fully saturated rings. The number of benzene rings is 1. The van der Waals surface area contributed by atoms with Crippen LogP contribution in [0.1, 0.15) is 18.9 Å². The number of rotatable bonds is 7. The van der Waals surface area contributed by atoms with Crippen LogP contribution in [0.2, 0.25) is 0 Å². The zero-order chi connectivity index (χ0) is 12.7. The summed E-state index contributed by atoms with van der Waals surface area (Å²) in [5.41, 5.74) is 1.05. The molecule has 0 spiro atoms. The van der Waals surface area contributed by atoms with Crippen LogP contribution in [0.15, 0.2) is 18.2 Å². The standard InChI is InChI=1S/C13H21NO3/c1-4-11(15)9-14-8-10-5-6-12(16-2)7-13(10)17-3/h5-7,11,14-15H,4,8-9H2,1-3H3. The summed E-state index contributed by atoms with van der Waals surface area (Å²) >= 11 is 0. The van der Waals surface area contributed by atoms with Crippen LogP contribution < -0.4 is 14.8 Å². The molecule has 0 aromatic heterocycles. The third kappa shape index (κ3) is 4.24. The van der Waals surface area contributed by atoms with E-state index in [1.54, 1.807) is 14.2 Å². The first-order valence-corrected chi connectivity index (χ1v) is 5.81. The van der Waals surface area contributed by atoms with Crippen LogP contribution in [0.3, 0.4) is 0 Å². The van der Waals surface area contributed by atoms with Crippen LogP contribution >= 0.6 is 0 Å². The summed E-state index contributed by atoms with van der Waals surface area (Å²) in [4.78, 5) is 0. The maximum Gasteiger partial charge on any atom is 0.127 e. The van der Waals surface area contributed by atoms with Crippen LogP contribution in [0, 0.1) is 0 Å². The maximum atomic E-state index is 9.43. The van der Waals surface area contributed by atoms with E-state index >= 15 is 0 Å². The maximum absolute atomic E-state index is 9.43. The molecule has 0 saturated carbocycles. The Morgan fingerprint density at radius 1 is 1.29 bits per heavy atom. The van der Waals surface area contributed by atoms with Crippen molar-refractivity contribution in [2.45, 2.75) is 26.0 Å². The molecular formula is C13H21NO3. The van der Waals surface area contributed by atoms with Gasteiger partial charge >= 0.3 is 0 Å².